The lowest BCUT2D eigenvalue weighted by molar-refractivity contribution is -0.140. The van der Waals surface area contributed by atoms with Crippen molar-refractivity contribution in [1.29, 1.82) is 0 Å². The molecule has 10 heteroatoms. The minimum absolute atomic E-state index is 0.0622. The van der Waals surface area contributed by atoms with Gasteiger partial charge in [0.05, 0.1) is 5.56 Å². The van der Waals surface area contributed by atoms with E-state index >= 15 is 0 Å². The second-order valence-electron chi connectivity index (χ2n) is 7.74. The molecular formula is C23H26ClN3O5S. The van der Waals surface area contributed by atoms with Gasteiger partial charge in [0, 0.05) is 31.1 Å². The third-order valence-electron chi connectivity index (χ3n) is 5.42. The number of hydrogen-bond donors (Lipinski definition) is 1. The first kappa shape index (κ1) is 24.7. The molecule has 1 aliphatic rings. The van der Waals surface area contributed by atoms with Crippen LogP contribution in [0.5, 0.6) is 0 Å². The molecule has 1 heterocycles. The number of sulfonamides is 1. The molecule has 3 rings (SSSR count). The highest BCUT2D eigenvalue weighted by atomic mass is 35.5. The molecule has 0 saturated carbocycles. The van der Waals surface area contributed by atoms with E-state index in [1.807, 2.05) is 6.92 Å². The van der Waals surface area contributed by atoms with Gasteiger partial charge in [0.25, 0.3) is 15.9 Å². The van der Waals surface area contributed by atoms with Gasteiger partial charge in [-0.1, -0.05) is 42.8 Å². The van der Waals surface area contributed by atoms with Crippen LogP contribution >= 0.6 is 11.6 Å². The van der Waals surface area contributed by atoms with Crippen LogP contribution in [-0.2, 0) is 26.2 Å². The average Bonchev–Trinajstić information content (AvgIpc) is 3.00. The Balaban J connectivity index is 1.77. The van der Waals surface area contributed by atoms with Crippen molar-refractivity contribution in [3.8, 4) is 0 Å². The van der Waals surface area contributed by atoms with Gasteiger partial charge in [-0.25, -0.2) is 12.7 Å². The lowest BCUT2D eigenvalue weighted by Crippen LogP contribution is -2.48. The highest BCUT2D eigenvalue weighted by molar-refractivity contribution is 7.90. The first-order valence-corrected chi connectivity index (χ1v) is 12.5. The van der Waals surface area contributed by atoms with Gasteiger partial charge in [-0.05, 0) is 43.2 Å². The fraction of sp³-hybridized carbons (Fsp3) is 0.348. The van der Waals surface area contributed by atoms with E-state index in [1.54, 1.807) is 43.3 Å². The van der Waals surface area contributed by atoms with Crippen LogP contribution in [0.3, 0.4) is 0 Å². The Hall–Kier alpha value is -2.91. The average molecular weight is 492 g/mol. The summed E-state index contributed by atoms with van der Waals surface area (Å²) in [7, 11) is -4.01. The molecule has 1 N–H and O–H groups in total. The van der Waals surface area contributed by atoms with E-state index in [2.05, 4.69) is 5.32 Å². The van der Waals surface area contributed by atoms with Crippen molar-refractivity contribution in [2.24, 2.45) is 0 Å². The van der Waals surface area contributed by atoms with Gasteiger partial charge in [0.2, 0.25) is 11.8 Å². The third-order valence-corrected chi connectivity index (χ3v) is 7.52. The van der Waals surface area contributed by atoms with Gasteiger partial charge in [0.15, 0.2) is 0 Å². The third kappa shape index (κ3) is 5.36. The van der Waals surface area contributed by atoms with Crippen molar-refractivity contribution in [3.63, 3.8) is 0 Å². The number of nitrogens with one attached hydrogen (secondary N) is 1. The Morgan fingerprint density at radius 2 is 1.79 bits per heavy atom. The number of fused-ring (bicyclic) bond motifs is 1. The molecule has 1 aliphatic heterocycles. The minimum Gasteiger partial charge on any atom is -0.354 e. The van der Waals surface area contributed by atoms with Crippen molar-refractivity contribution in [2.75, 3.05) is 13.1 Å². The zero-order chi connectivity index (χ0) is 24.2. The maximum atomic E-state index is 13.2. The monoisotopic (exact) mass is 491 g/mol. The van der Waals surface area contributed by atoms with Crippen LogP contribution in [-0.4, -0.2) is 54.5 Å². The summed E-state index contributed by atoms with van der Waals surface area (Å²) >= 11 is 5.94. The summed E-state index contributed by atoms with van der Waals surface area (Å²) in [5, 5.41) is 3.32. The Morgan fingerprint density at radius 1 is 1.12 bits per heavy atom. The maximum Gasteiger partial charge on any atom is 0.269 e. The van der Waals surface area contributed by atoms with E-state index < -0.39 is 27.9 Å². The first-order chi connectivity index (χ1) is 15.7. The van der Waals surface area contributed by atoms with Crippen molar-refractivity contribution in [2.45, 2.75) is 44.2 Å². The molecule has 2 aromatic carbocycles. The Bertz CT molecular complexity index is 1150. The van der Waals surface area contributed by atoms with Crippen LogP contribution in [0.25, 0.3) is 0 Å². The molecule has 0 bridgehead atoms. The van der Waals surface area contributed by atoms with Crippen LogP contribution in [0.15, 0.2) is 53.4 Å². The van der Waals surface area contributed by atoms with Crippen molar-refractivity contribution in [1.82, 2.24) is 14.5 Å². The summed E-state index contributed by atoms with van der Waals surface area (Å²) in [5.74, 6) is -1.41. The second-order valence-corrected chi connectivity index (χ2v) is 10.0. The molecular weight excluding hydrogens is 466 g/mol. The topological polar surface area (TPSA) is 104 Å². The van der Waals surface area contributed by atoms with Gasteiger partial charge in [-0.2, -0.15) is 0 Å². The molecule has 0 radical (unpaired) electrons. The van der Waals surface area contributed by atoms with Crippen molar-refractivity contribution >= 4 is 39.3 Å². The summed E-state index contributed by atoms with van der Waals surface area (Å²) in [4.78, 5) is 39.7. The molecule has 0 fully saturated rings. The molecule has 176 valence electrons. The number of hydrogen-bond acceptors (Lipinski definition) is 5. The molecule has 0 aromatic heterocycles. The Labute approximate surface area is 198 Å². The molecule has 1 unspecified atom stereocenters. The molecule has 0 spiro atoms. The highest BCUT2D eigenvalue weighted by Crippen LogP contribution is 2.30. The Morgan fingerprint density at radius 3 is 2.42 bits per heavy atom. The SMILES string of the molecule is CCCNC(=O)C(C)N(Cc1ccc(Cl)cc1)C(=O)CCN1C(=O)c2ccccc2S1(=O)=O. The summed E-state index contributed by atoms with van der Waals surface area (Å²) in [5.41, 5.74) is 0.857. The number of carbonyl (C=O) groups excluding carboxylic acids is 3. The van der Waals surface area contributed by atoms with E-state index in [4.69, 9.17) is 11.6 Å². The lowest BCUT2D eigenvalue weighted by Gasteiger charge is -2.29. The number of nitrogens with zero attached hydrogens (tertiary/aromatic N) is 2. The van der Waals surface area contributed by atoms with Crippen LogP contribution in [0, 0.1) is 0 Å². The predicted octanol–water partition coefficient (Wildman–Crippen LogP) is 2.82. The normalized spacial score (nSPS) is 15.1. The zero-order valence-corrected chi connectivity index (χ0v) is 20.0. The number of amides is 3. The lowest BCUT2D eigenvalue weighted by atomic mass is 10.1. The summed E-state index contributed by atoms with van der Waals surface area (Å²) < 4.78 is 26.2. The van der Waals surface area contributed by atoms with E-state index in [1.165, 1.54) is 17.0 Å². The molecule has 2 aromatic rings. The van der Waals surface area contributed by atoms with Crippen molar-refractivity contribution in [3.05, 3.63) is 64.7 Å². The quantitative estimate of drug-likeness (QED) is 0.581. The Kier molecular flexibility index (Phi) is 7.76. The number of halogens is 1. The fourth-order valence-electron chi connectivity index (χ4n) is 3.56. The summed E-state index contributed by atoms with van der Waals surface area (Å²) in [6, 6.07) is 12.1. The number of benzene rings is 2. The highest BCUT2D eigenvalue weighted by Gasteiger charge is 2.41. The maximum absolute atomic E-state index is 13.2. The van der Waals surface area contributed by atoms with Gasteiger partial charge >= 0.3 is 0 Å². The largest absolute Gasteiger partial charge is 0.354 e. The molecule has 8 nitrogen and oxygen atoms in total. The first-order valence-electron chi connectivity index (χ1n) is 10.6. The van der Waals surface area contributed by atoms with Crippen LogP contribution in [0.4, 0.5) is 0 Å². The van der Waals surface area contributed by atoms with Gasteiger partial charge < -0.3 is 10.2 Å². The molecule has 3 amide bonds. The zero-order valence-electron chi connectivity index (χ0n) is 18.5. The van der Waals surface area contributed by atoms with Gasteiger partial charge in [-0.15, -0.1) is 0 Å². The number of rotatable bonds is 9. The standard InChI is InChI=1S/C23H26ClN3O5S/c1-3-13-25-22(29)16(2)26(15-17-8-10-18(24)11-9-17)21(28)12-14-27-23(30)19-6-4-5-7-20(19)33(27,31)32/h4-11,16H,3,12-15H2,1-2H3,(H,25,29). The van der Waals surface area contributed by atoms with Crippen LogP contribution < -0.4 is 5.32 Å². The van der Waals surface area contributed by atoms with Crippen molar-refractivity contribution < 1.29 is 22.8 Å². The van der Waals surface area contributed by atoms with Gasteiger partial charge in [-0.3, -0.25) is 14.4 Å². The minimum atomic E-state index is -4.01. The molecule has 0 aliphatic carbocycles. The van der Waals surface area contributed by atoms with E-state index in [0.29, 0.717) is 11.6 Å². The second kappa shape index (κ2) is 10.4. The molecule has 33 heavy (non-hydrogen) atoms. The summed E-state index contributed by atoms with van der Waals surface area (Å²) in [6.07, 6.45) is 0.497. The fourth-order valence-corrected chi connectivity index (χ4v) is 5.25. The number of carbonyl (C=O) groups is 3. The van der Waals surface area contributed by atoms with Gasteiger partial charge in [0.1, 0.15) is 10.9 Å². The van der Waals surface area contributed by atoms with E-state index in [0.717, 1.165) is 16.3 Å². The predicted molar refractivity (Wildman–Crippen MR) is 124 cm³/mol. The van der Waals surface area contributed by atoms with E-state index in [-0.39, 0.29) is 35.9 Å². The summed E-state index contributed by atoms with van der Waals surface area (Å²) in [6.45, 7) is 3.84. The molecule has 1 atom stereocenters. The smallest absolute Gasteiger partial charge is 0.269 e. The van der Waals surface area contributed by atoms with Crippen LogP contribution in [0.1, 0.15) is 42.6 Å². The van der Waals surface area contributed by atoms with E-state index in [9.17, 15) is 22.8 Å². The molecule has 0 saturated heterocycles. The van der Waals surface area contributed by atoms with Crippen LogP contribution in [0.2, 0.25) is 5.02 Å².